The van der Waals surface area contributed by atoms with E-state index in [1.165, 1.54) is 17.3 Å². The maximum absolute atomic E-state index is 12.1. The van der Waals surface area contributed by atoms with E-state index in [0.29, 0.717) is 15.8 Å². The summed E-state index contributed by atoms with van der Waals surface area (Å²) in [5.74, 6) is 0.999. The van der Waals surface area contributed by atoms with Crippen LogP contribution in [0.5, 0.6) is 16.7 Å². The van der Waals surface area contributed by atoms with Crippen molar-refractivity contribution in [3.8, 4) is 16.7 Å². The van der Waals surface area contributed by atoms with Crippen molar-refractivity contribution in [2.24, 2.45) is 0 Å². The number of aromatic nitrogens is 1. The van der Waals surface area contributed by atoms with Crippen LogP contribution in [0.2, 0.25) is 0 Å². The number of ether oxygens (including phenoxy) is 2. The number of carbonyl (C=O) groups is 1. The van der Waals surface area contributed by atoms with Crippen LogP contribution < -0.4 is 73.9 Å². The molecule has 0 unspecified atom stereocenters. The first-order valence-corrected chi connectivity index (χ1v) is 12.6. The fourth-order valence-corrected chi connectivity index (χ4v) is 4.55. The normalized spacial score (nSPS) is 14.5. The van der Waals surface area contributed by atoms with Gasteiger partial charge in [0.2, 0.25) is 0 Å². The number of hydrogen-bond donors (Lipinski definition) is 3. The molecule has 9 nitrogen and oxygen atoms in total. The summed E-state index contributed by atoms with van der Waals surface area (Å²) in [5.41, 5.74) is 3.46. The first-order chi connectivity index (χ1) is 15.8. The maximum atomic E-state index is 12.1. The topological polar surface area (TPSA) is 127 Å². The zero-order valence-electron chi connectivity index (χ0n) is 21.8. The third-order valence-electron chi connectivity index (χ3n) is 5.07. The summed E-state index contributed by atoms with van der Waals surface area (Å²) in [6, 6.07) is 13.8. The predicted octanol–water partition coefficient (Wildman–Crippen LogP) is -1.62. The van der Waals surface area contributed by atoms with Gasteiger partial charge in [-0.3, -0.25) is 9.32 Å². The van der Waals surface area contributed by atoms with Crippen molar-refractivity contribution in [1.82, 2.24) is 10.3 Å². The van der Waals surface area contributed by atoms with Crippen molar-refractivity contribution in [1.29, 1.82) is 0 Å². The van der Waals surface area contributed by atoms with E-state index in [4.69, 9.17) is 19.3 Å². The van der Waals surface area contributed by atoms with Crippen LogP contribution in [0.3, 0.4) is 0 Å². The number of benzene rings is 2. The Labute approximate surface area is 254 Å². The quantitative estimate of drug-likeness (QED) is 0.178. The van der Waals surface area contributed by atoms with E-state index in [0.717, 1.165) is 35.5 Å². The molecule has 1 aromatic heterocycles. The fraction of sp³-hybridized carbons (Fsp3) is 0.273. The van der Waals surface area contributed by atoms with Gasteiger partial charge in [-0.15, -0.1) is 0 Å². The summed E-state index contributed by atoms with van der Waals surface area (Å²) < 4.78 is 27.0. The van der Waals surface area contributed by atoms with Gasteiger partial charge in [-0.25, -0.2) is 9.55 Å². The van der Waals surface area contributed by atoms with Gasteiger partial charge in [0.1, 0.15) is 22.5 Å². The Balaban J connectivity index is 0.00000324. The van der Waals surface area contributed by atoms with E-state index in [1.54, 1.807) is 6.07 Å². The van der Waals surface area contributed by atoms with Gasteiger partial charge in [-0.2, -0.15) is 0 Å². The van der Waals surface area contributed by atoms with Crippen molar-refractivity contribution in [2.75, 3.05) is 13.2 Å². The summed E-state index contributed by atoms with van der Waals surface area (Å²) in [5, 5.41) is 2.81. The second kappa shape index (κ2) is 13.7. The molecule has 1 atom stereocenters. The number of aryl methyl sites for hydroxylation is 2. The Bertz CT molecular complexity index is 1220. The van der Waals surface area contributed by atoms with Crippen molar-refractivity contribution in [2.45, 2.75) is 25.9 Å². The van der Waals surface area contributed by atoms with Gasteiger partial charge in [0.15, 0.2) is 0 Å². The second-order valence-electron chi connectivity index (χ2n) is 7.44. The van der Waals surface area contributed by atoms with Crippen LogP contribution in [0.4, 0.5) is 0 Å². The molecular weight excluding hydrogens is 513 g/mol. The van der Waals surface area contributed by atoms with E-state index >= 15 is 0 Å². The molecule has 2 heterocycles. The van der Waals surface area contributed by atoms with E-state index in [2.05, 4.69) is 33.9 Å². The van der Waals surface area contributed by atoms with Crippen LogP contribution >= 0.6 is 19.2 Å². The first kappa shape index (κ1) is 30.5. The van der Waals surface area contributed by atoms with Gasteiger partial charge < -0.3 is 27.4 Å². The largest absolute Gasteiger partial charge is 1.00 e. The predicted molar refractivity (Wildman–Crippen MR) is 124 cm³/mol. The number of amides is 1. The molecule has 178 valence electrons. The molecule has 1 amide bonds. The van der Waals surface area contributed by atoms with Crippen LogP contribution in [-0.2, 0) is 15.5 Å². The van der Waals surface area contributed by atoms with Gasteiger partial charge in [0.25, 0.3) is 11.1 Å². The molecule has 0 fully saturated rings. The van der Waals surface area contributed by atoms with Gasteiger partial charge in [-0.05, 0) is 54.7 Å². The SMILES string of the molecule is Cc1ccccc1[C@@H]1CCc2cc(Oc3ncc(C(=O)NCCOP(=O)(O)O)s3)ccc2O1.[H-].[H-].[Na+].[Na+]. The number of rotatable bonds is 8. The number of phosphoric acid groups is 1. The minimum atomic E-state index is -4.55. The summed E-state index contributed by atoms with van der Waals surface area (Å²) in [7, 11) is -4.55. The fourth-order valence-electron chi connectivity index (χ4n) is 3.52. The molecular formula is C22H25N2Na2O7PS. The van der Waals surface area contributed by atoms with Gasteiger partial charge >= 0.3 is 66.9 Å². The average Bonchev–Trinajstić information content (AvgIpc) is 3.24. The second-order valence-corrected chi connectivity index (χ2v) is 9.68. The molecule has 0 bridgehead atoms. The maximum Gasteiger partial charge on any atom is 1.00 e. The zero-order chi connectivity index (χ0) is 23.4. The van der Waals surface area contributed by atoms with Crippen molar-refractivity contribution >= 4 is 25.1 Å². The molecule has 0 saturated carbocycles. The Morgan fingerprint density at radius 2 is 2.06 bits per heavy atom. The number of nitrogens with one attached hydrogen (secondary N) is 1. The molecule has 1 aliphatic heterocycles. The number of hydrogen-bond acceptors (Lipinski definition) is 7. The van der Waals surface area contributed by atoms with E-state index in [-0.39, 0.29) is 81.2 Å². The van der Waals surface area contributed by atoms with Gasteiger partial charge in [-0.1, -0.05) is 35.6 Å². The Kier molecular flexibility index (Phi) is 11.9. The molecule has 4 rings (SSSR count). The minimum absolute atomic E-state index is 0. The monoisotopic (exact) mass is 538 g/mol. The third-order valence-corrected chi connectivity index (χ3v) is 6.47. The van der Waals surface area contributed by atoms with Gasteiger partial charge in [0, 0.05) is 6.54 Å². The molecule has 0 aliphatic carbocycles. The number of phosphoric ester groups is 1. The Morgan fingerprint density at radius 1 is 1.29 bits per heavy atom. The third kappa shape index (κ3) is 8.66. The zero-order valence-corrected chi connectivity index (χ0v) is 25.5. The molecule has 2 aromatic carbocycles. The molecule has 3 aromatic rings. The van der Waals surface area contributed by atoms with Crippen molar-refractivity contribution in [3.05, 3.63) is 70.2 Å². The summed E-state index contributed by atoms with van der Waals surface area (Å²) in [4.78, 5) is 33.8. The van der Waals surface area contributed by atoms with Crippen LogP contribution in [0.25, 0.3) is 0 Å². The van der Waals surface area contributed by atoms with Crippen molar-refractivity contribution in [3.63, 3.8) is 0 Å². The van der Waals surface area contributed by atoms with Crippen LogP contribution in [0.1, 0.15) is 41.7 Å². The summed E-state index contributed by atoms with van der Waals surface area (Å²) >= 11 is 1.07. The van der Waals surface area contributed by atoms with Gasteiger partial charge in [0.05, 0.1) is 12.8 Å². The number of nitrogens with zero attached hydrogens (tertiary/aromatic N) is 1. The molecule has 0 spiro atoms. The smallest absolute Gasteiger partial charge is 1.00 e. The van der Waals surface area contributed by atoms with E-state index in [9.17, 15) is 9.36 Å². The summed E-state index contributed by atoms with van der Waals surface area (Å²) in [6.45, 7) is 1.73. The average molecular weight is 538 g/mol. The first-order valence-electron chi connectivity index (χ1n) is 10.3. The van der Waals surface area contributed by atoms with Crippen molar-refractivity contribution < 1.29 is 95.1 Å². The molecule has 0 radical (unpaired) electrons. The number of thiazole rings is 1. The molecule has 3 N–H and O–H groups in total. The Hall–Kier alpha value is -0.750. The molecule has 0 saturated heterocycles. The Morgan fingerprint density at radius 3 is 2.80 bits per heavy atom. The van der Waals surface area contributed by atoms with Crippen LogP contribution in [0, 0.1) is 6.92 Å². The number of carbonyl (C=O) groups excluding carboxylic acids is 1. The van der Waals surface area contributed by atoms with Crippen LogP contribution in [-0.4, -0.2) is 33.8 Å². The molecule has 1 aliphatic rings. The minimum Gasteiger partial charge on any atom is -1.00 e. The standard InChI is InChI=1S/C22H23N2O7PS.2Na.2H/c1-14-4-2-3-5-17(14)19-8-6-15-12-16(7-9-18(15)31-19)30-22-24-13-20(33-22)21(25)23-10-11-29-32(26,27)28;;;;/h2-5,7,9,12-13,19H,6,8,10-11H2,1H3,(H,23,25)(H2,26,27,28);;;;/q;2*+1;2*-1/t19-;;;;/m0..../s1. The molecule has 13 heteroatoms. The summed E-state index contributed by atoms with van der Waals surface area (Å²) in [6.07, 6.45) is 3.13. The van der Waals surface area contributed by atoms with E-state index in [1.807, 2.05) is 24.3 Å². The van der Waals surface area contributed by atoms with Crippen LogP contribution in [0.15, 0.2) is 48.7 Å². The van der Waals surface area contributed by atoms with E-state index < -0.39 is 13.7 Å². The number of fused-ring (bicyclic) bond motifs is 1. The molecule has 35 heavy (non-hydrogen) atoms.